The van der Waals surface area contributed by atoms with Crippen molar-refractivity contribution in [2.75, 3.05) is 6.26 Å². The van der Waals surface area contributed by atoms with Crippen molar-refractivity contribution in [3.05, 3.63) is 59.9 Å². The van der Waals surface area contributed by atoms with Gasteiger partial charge < -0.3 is 5.32 Å². The zero-order chi connectivity index (χ0) is 15.5. The fourth-order valence-corrected chi connectivity index (χ4v) is 2.82. The van der Waals surface area contributed by atoms with Crippen LogP contribution in [0.4, 0.5) is 0 Å². The number of nitrogens with zero attached hydrogens (tertiary/aromatic N) is 1. The van der Waals surface area contributed by atoms with Gasteiger partial charge in [-0.25, -0.2) is 8.42 Å². The van der Waals surface area contributed by atoms with Gasteiger partial charge in [-0.1, -0.05) is 18.2 Å². The lowest BCUT2D eigenvalue weighted by Gasteiger charge is -2.20. The van der Waals surface area contributed by atoms with E-state index in [2.05, 4.69) is 24.1 Å². The molecule has 0 aliphatic rings. The molecule has 0 bridgehead atoms. The van der Waals surface area contributed by atoms with Gasteiger partial charge in [-0.2, -0.15) is 0 Å². The van der Waals surface area contributed by atoms with Gasteiger partial charge in [-0.05, 0) is 43.7 Å². The number of hydrogen-bond donors (Lipinski definition) is 1. The highest BCUT2D eigenvalue weighted by Gasteiger charge is 2.13. The Morgan fingerprint density at radius 1 is 1.00 bits per heavy atom. The maximum absolute atomic E-state index is 11.5. The molecule has 0 saturated heterocycles. The van der Waals surface area contributed by atoms with E-state index < -0.39 is 9.84 Å². The van der Waals surface area contributed by atoms with Crippen molar-refractivity contribution in [2.24, 2.45) is 0 Å². The van der Waals surface area contributed by atoms with E-state index in [1.54, 1.807) is 18.3 Å². The van der Waals surface area contributed by atoms with Gasteiger partial charge in [0.25, 0.3) is 0 Å². The second-order valence-electron chi connectivity index (χ2n) is 5.21. The van der Waals surface area contributed by atoms with Crippen molar-refractivity contribution < 1.29 is 8.42 Å². The molecule has 5 heteroatoms. The summed E-state index contributed by atoms with van der Waals surface area (Å²) in [5.74, 6) is 0. The minimum Gasteiger partial charge on any atom is -0.302 e. The molecule has 0 aliphatic heterocycles. The lowest BCUT2D eigenvalue weighted by Crippen LogP contribution is -2.23. The number of rotatable bonds is 5. The monoisotopic (exact) mass is 304 g/mol. The first-order chi connectivity index (χ1) is 9.88. The predicted molar refractivity (Wildman–Crippen MR) is 83.8 cm³/mol. The van der Waals surface area contributed by atoms with Crippen LogP contribution < -0.4 is 5.32 Å². The van der Waals surface area contributed by atoms with E-state index in [0.717, 1.165) is 11.3 Å². The Kier molecular flexibility index (Phi) is 4.75. The minimum absolute atomic E-state index is 0.107. The molecule has 0 spiro atoms. The van der Waals surface area contributed by atoms with E-state index in [1.807, 2.05) is 30.3 Å². The van der Waals surface area contributed by atoms with Gasteiger partial charge >= 0.3 is 0 Å². The molecule has 0 radical (unpaired) electrons. The van der Waals surface area contributed by atoms with Crippen molar-refractivity contribution in [2.45, 2.75) is 30.8 Å². The second-order valence-corrected chi connectivity index (χ2v) is 7.22. The van der Waals surface area contributed by atoms with Gasteiger partial charge in [0.1, 0.15) is 0 Å². The molecule has 4 nitrogen and oxygen atoms in total. The highest BCUT2D eigenvalue weighted by molar-refractivity contribution is 7.90. The van der Waals surface area contributed by atoms with E-state index in [-0.39, 0.29) is 12.1 Å². The molecule has 0 saturated carbocycles. The van der Waals surface area contributed by atoms with E-state index in [9.17, 15) is 8.42 Å². The number of pyridine rings is 1. The summed E-state index contributed by atoms with van der Waals surface area (Å²) < 4.78 is 22.9. The Morgan fingerprint density at radius 3 is 2.19 bits per heavy atom. The third-order valence-electron chi connectivity index (χ3n) is 3.44. The Hall–Kier alpha value is -1.72. The zero-order valence-electron chi connectivity index (χ0n) is 12.4. The summed E-state index contributed by atoms with van der Waals surface area (Å²) in [6.45, 7) is 4.11. The van der Waals surface area contributed by atoms with Crippen LogP contribution in [-0.2, 0) is 9.84 Å². The topological polar surface area (TPSA) is 59.1 Å². The van der Waals surface area contributed by atoms with E-state index in [4.69, 9.17) is 0 Å². The summed E-state index contributed by atoms with van der Waals surface area (Å²) in [5.41, 5.74) is 2.03. The highest BCUT2D eigenvalue weighted by atomic mass is 32.2. The zero-order valence-corrected chi connectivity index (χ0v) is 13.3. The lowest BCUT2D eigenvalue weighted by molar-refractivity contribution is 0.486. The summed E-state index contributed by atoms with van der Waals surface area (Å²) in [4.78, 5) is 4.67. The molecular weight excluding hydrogens is 284 g/mol. The van der Waals surface area contributed by atoms with Crippen molar-refractivity contribution in [1.29, 1.82) is 0 Å². The normalized spacial score (nSPS) is 14.6. The molecule has 1 N–H and O–H groups in total. The van der Waals surface area contributed by atoms with Crippen LogP contribution in [0.5, 0.6) is 0 Å². The molecular formula is C16H20N2O2S. The van der Waals surface area contributed by atoms with E-state index in [0.29, 0.717) is 4.90 Å². The van der Waals surface area contributed by atoms with Crippen LogP contribution in [0.2, 0.25) is 0 Å². The maximum Gasteiger partial charge on any atom is 0.175 e. The lowest BCUT2D eigenvalue weighted by atomic mass is 10.1. The molecule has 1 heterocycles. The summed E-state index contributed by atoms with van der Waals surface area (Å²) in [7, 11) is -3.14. The number of hydrogen-bond acceptors (Lipinski definition) is 4. The molecule has 2 aromatic rings. The predicted octanol–water partition coefficient (Wildman–Crippen LogP) is 2.90. The third kappa shape index (κ3) is 4.12. The average Bonchev–Trinajstić information content (AvgIpc) is 2.47. The van der Waals surface area contributed by atoms with Gasteiger partial charge in [0.15, 0.2) is 9.84 Å². The molecule has 2 atom stereocenters. The van der Waals surface area contributed by atoms with Gasteiger partial charge in [-0.15, -0.1) is 0 Å². The van der Waals surface area contributed by atoms with E-state index >= 15 is 0 Å². The maximum atomic E-state index is 11.5. The second kappa shape index (κ2) is 6.37. The van der Waals surface area contributed by atoms with Crippen LogP contribution >= 0.6 is 0 Å². The molecule has 0 aliphatic carbocycles. The van der Waals surface area contributed by atoms with Crippen LogP contribution in [0.15, 0.2) is 53.6 Å². The van der Waals surface area contributed by atoms with Crippen LogP contribution in [0.3, 0.4) is 0 Å². The Bertz CT molecular complexity index is 682. The molecule has 21 heavy (non-hydrogen) atoms. The van der Waals surface area contributed by atoms with Gasteiger partial charge in [-0.3, -0.25) is 4.98 Å². The number of sulfone groups is 1. The van der Waals surface area contributed by atoms with Gasteiger partial charge in [0.2, 0.25) is 0 Å². The smallest absolute Gasteiger partial charge is 0.175 e. The average molecular weight is 304 g/mol. The van der Waals surface area contributed by atoms with Crippen LogP contribution in [0, 0.1) is 0 Å². The summed E-state index contributed by atoms with van der Waals surface area (Å²) in [5, 5.41) is 3.46. The Balaban J connectivity index is 2.08. The molecule has 1 aromatic heterocycles. The fraction of sp³-hybridized carbons (Fsp3) is 0.312. The molecule has 1 aromatic carbocycles. The number of benzene rings is 1. The van der Waals surface area contributed by atoms with Gasteiger partial charge in [0.05, 0.1) is 10.6 Å². The fourth-order valence-electron chi connectivity index (χ4n) is 2.19. The largest absolute Gasteiger partial charge is 0.302 e. The molecule has 0 fully saturated rings. The quantitative estimate of drug-likeness (QED) is 0.922. The first-order valence-electron chi connectivity index (χ1n) is 6.85. The van der Waals surface area contributed by atoms with Crippen LogP contribution in [0.25, 0.3) is 0 Å². The molecule has 0 amide bonds. The first kappa shape index (κ1) is 15.7. The number of nitrogens with one attached hydrogen (secondary N) is 1. The SMILES string of the molecule is CC(N[C@@H](C)c1ccccn1)c1ccc(S(C)(=O)=O)cc1. The van der Waals surface area contributed by atoms with Crippen molar-refractivity contribution in [1.82, 2.24) is 10.3 Å². The minimum atomic E-state index is -3.14. The first-order valence-corrected chi connectivity index (χ1v) is 8.74. The Morgan fingerprint density at radius 2 is 1.67 bits per heavy atom. The standard InChI is InChI=1S/C16H20N2O2S/c1-12(18-13(2)16-6-4-5-11-17-16)14-7-9-15(10-8-14)21(3,19)20/h4-13,18H,1-3H3/t12?,13-/m0/s1. The molecule has 2 rings (SSSR count). The third-order valence-corrected chi connectivity index (χ3v) is 4.57. The highest BCUT2D eigenvalue weighted by Crippen LogP contribution is 2.19. The molecule has 1 unspecified atom stereocenters. The van der Waals surface area contributed by atoms with Crippen molar-refractivity contribution >= 4 is 9.84 Å². The summed E-state index contributed by atoms with van der Waals surface area (Å²) in [6.07, 6.45) is 2.99. The Labute approximate surface area is 126 Å². The van der Waals surface area contributed by atoms with Crippen molar-refractivity contribution in [3.8, 4) is 0 Å². The van der Waals surface area contributed by atoms with Crippen molar-refractivity contribution in [3.63, 3.8) is 0 Å². The summed E-state index contributed by atoms with van der Waals surface area (Å²) in [6, 6.07) is 13.1. The van der Waals surface area contributed by atoms with Crippen LogP contribution in [0.1, 0.15) is 37.2 Å². The van der Waals surface area contributed by atoms with E-state index in [1.165, 1.54) is 6.26 Å². The summed E-state index contributed by atoms with van der Waals surface area (Å²) >= 11 is 0. The molecule has 112 valence electrons. The van der Waals surface area contributed by atoms with Crippen LogP contribution in [-0.4, -0.2) is 19.7 Å². The number of aromatic nitrogens is 1. The van der Waals surface area contributed by atoms with Gasteiger partial charge in [0, 0.05) is 24.5 Å².